The van der Waals surface area contributed by atoms with Crippen LogP contribution in [0.25, 0.3) is 5.95 Å². The number of hydrogen-bond donors (Lipinski definition) is 3. The van der Waals surface area contributed by atoms with Crippen LogP contribution in [0.1, 0.15) is 40.7 Å². The molecule has 4 N–H and O–H groups in total. The Labute approximate surface area is 196 Å². The van der Waals surface area contributed by atoms with Gasteiger partial charge in [0.25, 0.3) is 11.9 Å². The highest BCUT2D eigenvalue weighted by Crippen LogP contribution is 2.21. The average Bonchev–Trinajstić information content (AvgIpc) is 3.11. The molecule has 11 nitrogen and oxygen atoms in total. The molecule has 3 rings (SSSR count). The molecule has 0 bridgehead atoms. The van der Waals surface area contributed by atoms with Crippen molar-refractivity contribution in [3.05, 3.63) is 64.6 Å². The summed E-state index contributed by atoms with van der Waals surface area (Å²) in [4.78, 5) is 45.0. The molecule has 1 aromatic carbocycles. The number of carbonyl (C=O) groups is 3. The molecule has 11 heteroatoms. The molecular formula is C23H27N7O4. The van der Waals surface area contributed by atoms with Crippen molar-refractivity contribution in [3.63, 3.8) is 0 Å². The molecule has 0 aliphatic heterocycles. The van der Waals surface area contributed by atoms with E-state index in [2.05, 4.69) is 25.7 Å². The molecule has 1 unspecified atom stereocenters. The van der Waals surface area contributed by atoms with Gasteiger partial charge in [-0.3, -0.25) is 9.59 Å². The number of urea groups is 1. The number of primary amides is 1. The highest BCUT2D eigenvalue weighted by atomic mass is 16.5. The van der Waals surface area contributed by atoms with E-state index in [1.54, 1.807) is 25.1 Å². The van der Waals surface area contributed by atoms with Gasteiger partial charge in [-0.1, -0.05) is 24.3 Å². The number of nitrogens with one attached hydrogen (secondary N) is 2. The Kier molecular flexibility index (Phi) is 7.57. The van der Waals surface area contributed by atoms with Crippen molar-refractivity contribution in [2.24, 2.45) is 5.73 Å². The summed E-state index contributed by atoms with van der Waals surface area (Å²) in [6, 6.07) is 9.32. The van der Waals surface area contributed by atoms with Gasteiger partial charge < -0.3 is 21.1 Å². The molecule has 0 saturated carbocycles. The number of aryl methyl sites for hydroxylation is 4. The zero-order valence-corrected chi connectivity index (χ0v) is 19.5. The van der Waals surface area contributed by atoms with Crippen LogP contribution in [0.4, 0.5) is 10.6 Å². The van der Waals surface area contributed by atoms with Crippen molar-refractivity contribution < 1.29 is 19.1 Å². The van der Waals surface area contributed by atoms with Crippen molar-refractivity contribution in [1.82, 2.24) is 25.1 Å². The van der Waals surface area contributed by atoms with Crippen molar-refractivity contribution in [2.45, 2.75) is 40.2 Å². The van der Waals surface area contributed by atoms with E-state index in [1.807, 2.05) is 39.0 Å². The van der Waals surface area contributed by atoms with Crippen LogP contribution in [0.5, 0.6) is 0 Å². The van der Waals surface area contributed by atoms with Gasteiger partial charge in [-0.05, 0) is 44.9 Å². The molecule has 0 spiro atoms. The van der Waals surface area contributed by atoms with Crippen LogP contribution >= 0.6 is 0 Å². The molecule has 0 saturated heterocycles. The topological polar surface area (TPSA) is 154 Å². The predicted molar refractivity (Wildman–Crippen MR) is 124 cm³/mol. The molecule has 1 atom stereocenters. The Morgan fingerprint density at radius 2 is 1.71 bits per heavy atom. The maximum Gasteiger partial charge on any atom is 0.312 e. The number of esters is 1. The molecular weight excluding hydrogens is 438 g/mol. The number of aromatic nitrogens is 4. The van der Waals surface area contributed by atoms with Crippen molar-refractivity contribution in [1.29, 1.82) is 0 Å². The van der Waals surface area contributed by atoms with E-state index in [1.165, 1.54) is 4.68 Å². The SMILES string of the molecule is Cc1cc(C)nc(-n2nc(C)cc2NC(=O)COC(=O)CC(NC(N)=O)c2ccccc2C)n1. The first-order valence-corrected chi connectivity index (χ1v) is 10.6. The highest BCUT2D eigenvalue weighted by molar-refractivity contribution is 5.92. The fraction of sp³-hybridized carbons (Fsp3) is 0.304. The summed E-state index contributed by atoms with van der Waals surface area (Å²) in [5.74, 6) is -0.568. The van der Waals surface area contributed by atoms with Crippen molar-refractivity contribution >= 4 is 23.7 Å². The third-order valence-electron chi connectivity index (χ3n) is 4.87. The molecule has 34 heavy (non-hydrogen) atoms. The summed E-state index contributed by atoms with van der Waals surface area (Å²) in [6.07, 6.45) is -0.186. The number of ether oxygens (including phenoxy) is 1. The van der Waals surface area contributed by atoms with Gasteiger partial charge in [0.1, 0.15) is 5.82 Å². The second-order valence-corrected chi connectivity index (χ2v) is 7.86. The van der Waals surface area contributed by atoms with E-state index < -0.39 is 30.6 Å². The second kappa shape index (κ2) is 10.6. The van der Waals surface area contributed by atoms with Crippen LogP contribution in [0.3, 0.4) is 0 Å². The van der Waals surface area contributed by atoms with Gasteiger partial charge >= 0.3 is 12.0 Å². The smallest absolute Gasteiger partial charge is 0.312 e. The first-order chi connectivity index (χ1) is 16.1. The third kappa shape index (κ3) is 6.37. The number of carbonyl (C=O) groups excluding carboxylic acids is 3. The maximum atomic E-state index is 12.5. The summed E-state index contributed by atoms with van der Waals surface area (Å²) in [6.45, 7) is 6.78. The number of rotatable bonds is 8. The van der Waals surface area contributed by atoms with Gasteiger partial charge in [0.15, 0.2) is 6.61 Å². The summed E-state index contributed by atoms with van der Waals surface area (Å²) in [5, 5.41) is 9.55. The Hall–Kier alpha value is -4.28. The second-order valence-electron chi connectivity index (χ2n) is 7.86. The van der Waals surface area contributed by atoms with Gasteiger partial charge in [0.05, 0.1) is 18.2 Å². The minimum absolute atomic E-state index is 0.186. The summed E-state index contributed by atoms with van der Waals surface area (Å²) >= 11 is 0. The largest absolute Gasteiger partial charge is 0.455 e. The lowest BCUT2D eigenvalue weighted by Crippen LogP contribution is -2.35. The fourth-order valence-electron chi connectivity index (χ4n) is 3.48. The lowest BCUT2D eigenvalue weighted by Gasteiger charge is -2.19. The van der Waals surface area contributed by atoms with E-state index >= 15 is 0 Å². The third-order valence-corrected chi connectivity index (χ3v) is 4.87. The van der Waals surface area contributed by atoms with Crippen LogP contribution in [0, 0.1) is 27.7 Å². The van der Waals surface area contributed by atoms with E-state index in [4.69, 9.17) is 10.5 Å². The Bertz CT molecular complexity index is 1200. The number of hydrogen-bond acceptors (Lipinski definition) is 7. The van der Waals surface area contributed by atoms with Crippen LogP contribution in [-0.2, 0) is 14.3 Å². The number of nitrogens with zero attached hydrogens (tertiary/aromatic N) is 4. The molecule has 2 aromatic heterocycles. The normalized spacial score (nSPS) is 11.5. The standard InChI is InChI=1S/C23H27N7O4/c1-13-7-5-6-8-17(13)18(27-22(24)33)11-21(32)34-12-20(31)28-19-10-16(4)29-30(19)23-25-14(2)9-15(3)26-23/h5-10,18H,11-12H2,1-4H3,(H,28,31)(H3,24,27,33). The van der Waals surface area contributed by atoms with Crippen molar-refractivity contribution in [2.75, 3.05) is 11.9 Å². The van der Waals surface area contributed by atoms with E-state index in [0.717, 1.165) is 22.5 Å². The van der Waals surface area contributed by atoms with Crippen LogP contribution < -0.4 is 16.4 Å². The van der Waals surface area contributed by atoms with E-state index in [-0.39, 0.29) is 6.42 Å². The summed E-state index contributed by atoms with van der Waals surface area (Å²) in [5.41, 5.74) is 9.04. The number of amides is 3. The number of benzene rings is 1. The van der Waals surface area contributed by atoms with E-state index in [9.17, 15) is 14.4 Å². The van der Waals surface area contributed by atoms with Gasteiger partial charge in [0.2, 0.25) is 0 Å². The van der Waals surface area contributed by atoms with E-state index in [0.29, 0.717) is 17.5 Å². The Balaban J connectivity index is 1.64. The Morgan fingerprint density at radius 1 is 1.03 bits per heavy atom. The molecule has 3 aromatic rings. The summed E-state index contributed by atoms with van der Waals surface area (Å²) in [7, 11) is 0. The first-order valence-electron chi connectivity index (χ1n) is 10.6. The quantitative estimate of drug-likeness (QED) is 0.431. The Morgan fingerprint density at radius 3 is 2.35 bits per heavy atom. The van der Waals surface area contributed by atoms with Crippen molar-refractivity contribution in [3.8, 4) is 5.95 Å². The van der Waals surface area contributed by atoms with Gasteiger partial charge in [-0.25, -0.2) is 14.8 Å². The fourth-order valence-corrected chi connectivity index (χ4v) is 3.48. The molecule has 0 aliphatic carbocycles. The zero-order chi connectivity index (χ0) is 24.8. The highest BCUT2D eigenvalue weighted by Gasteiger charge is 2.21. The minimum atomic E-state index is -0.768. The predicted octanol–water partition coefficient (Wildman–Crippen LogP) is 2.18. The van der Waals surface area contributed by atoms with Crippen LogP contribution in [-0.4, -0.2) is 44.3 Å². The number of anilines is 1. The van der Waals surface area contributed by atoms with Gasteiger partial charge in [0, 0.05) is 17.5 Å². The lowest BCUT2D eigenvalue weighted by molar-refractivity contribution is -0.147. The lowest BCUT2D eigenvalue weighted by atomic mass is 9.99. The first kappa shape index (κ1) is 24.4. The molecule has 0 radical (unpaired) electrons. The molecule has 0 fully saturated rings. The zero-order valence-electron chi connectivity index (χ0n) is 19.5. The minimum Gasteiger partial charge on any atom is -0.455 e. The molecule has 178 valence electrons. The van der Waals surface area contributed by atoms with Crippen LogP contribution in [0.2, 0.25) is 0 Å². The average molecular weight is 466 g/mol. The van der Waals surface area contributed by atoms with Crippen LogP contribution in [0.15, 0.2) is 36.4 Å². The number of nitrogens with two attached hydrogens (primary N) is 1. The molecule has 2 heterocycles. The molecule has 0 aliphatic rings. The maximum absolute atomic E-state index is 12.5. The summed E-state index contributed by atoms with van der Waals surface area (Å²) < 4.78 is 6.55. The van der Waals surface area contributed by atoms with Gasteiger partial charge in [-0.2, -0.15) is 9.78 Å². The van der Waals surface area contributed by atoms with Gasteiger partial charge in [-0.15, -0.1) is 0 Å². The monoisotopic (exact) mass is 465 g/mol. The molecule has 3 amide bonds.